The third-order valence-electron chi connectivity index (χ3n) is 3.88. The number of nitrogens with one attached hydrogen (secondary N) is 1. The molecule has 0 fully saturated rings. The van der Waals surface area contributed by atoms with Gasteiger partial charge in [-0.15, -0.1) is 0 Å². The van der Waals surface area contributed by atoms with E-state index >= 15 is 0 Å². The second-order valence-corrected chi connectivity index (χ2v) is 5.88. The number of carbonyl (C=O) groups is 1. The van der Waals surface area contributed by atoms with E-state index in [9.17, 15) is 19.3 Å². The predicted molar refractivity (Wildman–Crippen MR) is 105 cm³/mol. The van der Waals surface area contributed by atoms with E-state index in [4.69, 9.17) is 9.47 Å². The molecule has 0 atom stereocenters. The van der Waals surface area contributed by atoms with Crippen molar-refractivity contribution in [2.24, 2.45) is 0 Å². The first-order valence-corrected chi connectivity index (χ1v) is 8.73. The first kappa shape index (κ1) is 19.8. The van der Waals surface area contributed by atoms with E-state index in [0.29, 0.717) is 11.4 Å². The number of rotatable bonds is 7. The number of halogens is 1. The summed E-state index contributed by atoms with van der Waals surface area (Å²) in [5.41, 5.74) is 0.114. The second kappa shape index (κ2) is 8.83. The highest BCUT2D eigenvalue weighted by Gasteiger charge is 2.19. The highest BCUT2D eigenvalue weighted by atomic mass is 19.1. The number of para-hydroxylation sites is 2. The van der Waals surface area contributed by atoms with Gasteiger partial charge in [0.1, 0.15) is 11.6 Å². The summed E-state index contributed by atoms with van der Waals surface area (Å²) in [6.45, 7) is 1.97. The summed E-state index contributed by atoms with van der Waals surface area (Å²) < 4.78 is 24.3. The van der Waals surface area contributed by atoms with Crippen molar-refractivity contribution in [2.75, 3.05) is 11.9 Å². The summed E-state index contributed by atoms with van der Waals surface area (Å²) >= 11 is 0. The number of amides is 1. The van der Waals surface area contributed by atoms with Crippen molar-refractivity contribution >= 4 is 17.3 Å². The monoisotopic (exact) mass is 396 g/mol. The summed E-state index contributed by atoms with van der Waals surface area (Å²) in [5, 5.41) is 13.9. The van der Waals surface area contributed by atoms with Crippen LogP contribution in [-0.2, 0) is 0 Å². The highest BCUT2D eigenvalue weighted by molar-refractivity contribution is 6.05. The number of ether oxygens (including phenoxy) is 2. The number of benzene rings is 3. The van der Waals surface area contributed by atoms with Gasteiger partial charge in [-0.05, 0) is 43.3 Å². The lowest BCUT2D eigenvalue weighted by Gasteiger charge is -2.12. The molecule has 148 valence electrons. The van der Waals surface area contributed by atoms with Crippen molar-refractivity contribution in [3.8, 4) is 17.2 Å². The van der Waals surface area contributed by atoms with Crippen molar-refractivity contribution in [1.82, 2.24) is 0 Å². The van der Waals surface area contributed by atoms with Gasteiger partial charge in [0.25, 0.3) is 5.91 Å². The molecule has 3 aromatic carbocycles. The Morgan fingerprint density at radius 1 is 1.07 bits per heavy atom. The van der Waals surface area contributed by atoms with Gasteiger partial charge >= 0.3 is 5.69 Å². The molecule has 1 N–H and O–H groups in total. The van der Waals surface area contributed by atoms with Crippen LogP contribution in [0.3, 0.4) is 0 Å². The number of hydrogen-bond donors (Lipinski definition) is 1. The maximum atomic E-state index is 13.4. The summed E-state index contributed by atoms with van der Waals surface area (Å²) in [4.78, 5) is 23.3. The molecular formula is C21H17FN2O5. The van der Waals surface area contributed by atoms with Crippen LogP contribution in [0.15, 0.2) is 66.7 Å². The van der Waals surface area contributed by atoms with Crippen LogP contribution in [0.5, 0.6) is 17.2 Å². The molecular weight excluding hydrogens is 379 g/mol. The van der Waals surface area contributed by atoms with Crippen molar-refractivity contribution in [3.63, 3.8) is 0 Å². The lowest BCUT2D eigenvalue weighted by atomic mass is 10.1. The van der Waals surface area contributed by atoms with E-state index in [1.54, 1.807) is 37.3 Å². The van der Waals surface area contributed by atoms with Crippen LogP contribution < -0.4 is 14.8 Å². The third kappa shape index (κ3) is 4.86. The molecule has 0 aliphatic rings. The molecule has 1 amide bonds. The first-order chi connectivity index (χ1) is 14.0. The summed E-state index contributed by atoms with van der Waals surface area (Å²) in [7, 11) is 0. The van der Waals surface area contributed by atoms with Crippen LogP contribution in [0.25, 0.3) is 0 Å². The number of nitro groups is 1. The smallest absolute Gasteiger partial charge is 0.311 e. The molecule has 0 aliphatic heterocycles. The van der Waals surface area contributed by atoms with Crippen LogP contribution in [0.1, 0.15) is 17.3 Å². The van der Waals surface area contributed by atoms with E-state index in [-0.39, 0.29) is 29.4 Å². The predicted octanol–water partition coefficient (Wildman–Crippen LogP) is 5.18. The van der Waals surface area contributed by atoms with Gasteiger partial charge in [-0.3, -0.25) is 14.9 Å². The van der Waals surface area contributed by atoms with Crippen molar-refractivity contribution in [3.05, 3.63) is 88.2 Å². The minimum Gasteiger partial charge on any atom is -0.487 e. The normalized spacial score (nSPS) is 10.3. The first-order valence-electron chi connectivity index (χ1n) is 8.73. The summed E-state index contributed by atoms with van der Waals surface area (Å²) in [5.74, 6) is -0.365. The number of carbonyl (C=O) groups excluding carboxylic acids is 1. The molecule has 0 bridgehead atoms. The van der Waals surface area contributed by atoms with Crippen LogP contribution in [0.2, 0.25) is 0 Å². The van der Waals surface area contributed by atoms with E-state index in [2.05, 4.69) is 5.32 Å². The maximum Gasteiger partial charge on any atom is 0.311 e. The van der Waals surface area contributed by atoms with Gasteiger partial charge in [0, 0.05) is 17.7 Å². The maximum absolute atomic E-state index is 13.4. The third-order valence-corrected chi connectivity index (χ3v) is 3.88. The quantitative estimate of drug-likeness (QED) is 0.439. The highest BCUT2D eigenvalue weighted by Crippen LogP contribution is 2.31. The zero-order valence-corrected chi connectivity index (χ0v) is 15.4. The van der Waals surface area contributed by atoms with E-state index in [0.717, 1.165) is 6.07 Å². The largest absolute Gasteiger partial charge is 0.487 e. The molecule has 29 heavy (non-hydrogen) atoms. The van der Waals surface area contributed by atoms with Gasteiger partial charge in [0.15, 0.2) is 11.5 Å². The topological polar surface area (TPSA) is 90.7 Å². The Bertz CT molecular complexity index is 1050. The Morgan fingerprint density at radius 2 is 1.86 bits per heavy atom. The Morgan fingerprint density at radius 3 is 2.59 bits per heavy atom. The number of nitro benzene ring substituents is 1. The molecule has 0 unspecified atom stereocenters. The molecule has 0 heterocycles. The average molecular weight is 396 g/mol. The van der Waals surface area contributed by atoms with Gasteiger partial charge in [-0.2, -0.15) is 0 Å². The van der Waals surface area contributed by atoms with Gasteiger partial charge in [-0.25, -0.2) is 4.39 Å². The van der Waals surface area contributed by atoms with Gasteiger partial charge in [-0.1, -0.05) is 18.2 Å². The summed E-state index contributed by atoms with van der Waals surface area (Å²) in [6, 6.07) is 16.2. The van der Waals surface area contributed by atoms with Gasteiger partial charge in [0.2, 0.25) is 0 Å². The fourth-order valence-corrected chi connectivity index (χ4v) is 2.59. The zero-order chi connectivity index (χ0) is 20.8. The Balaban J connectivity index is 1.84. The molecule has 0 aliphatic carbocycles. The van der Waals surface area contributed by atoms with Crippen LogP contribution in [-0.4, -0.2) is 17.4 Å². The lowest BCUT2D eigenvalue weighted by molar-refractivity contribution is -0.385. The molecule has 0 aromatic heterocycles. The molecule has 3 aromatic rings. The van der Waals surface area contributed by atoms with Crippen molar-refractivity contribution in [1.29, 1.82) is 0 Å². The lowest BCUT2D eigenvalue weighted by Crippen LogP contribution is -2.13. The molecule has 0 saturated carbocycles. The minimum absolute atomic E-state index is 0.0840. The minimum atomic E-state index is -0.608. The van der Waals surface area contributed by atoms with Crippen molar-refractivity contribution < 1.29 is 23.6 Å². The van der Waals surface area contributed by atoms with Crippen LogP contribution in [0, 0.1) is 15.9 Å². The number of hydrogen-bond acceptors (Lipinski definition) is 5. The number of nitrogens with zero attached hydrogens (tertiary/aromatic N) is 1. The Labute approximate surface area is 165 Å². The number of anilines is 1. The Kier molecular flexibility index (Phi) is 6.03. The van der Waals surface area contributed by atoms with Crippen LogP contribution in [0.4, 0.5) is 15.8 Å². The average Bonchev–Trinajstić information content (AvgIpc) is 2.70. The summed E-state index contributed by atoms with van der Waals surface area (Å²) in [6.07, 6.45) is 0. The fraction of sp³-hybridized carbons (Fsp3) is 0.0952. The molecule has 0 saturated heterocycles. The SMILES string of the molecule is CCOc1ccc(C(=O)Nc2ccccc2Oc2cccc(F)c2)cc1[N+](=O)[O-]. The molecule has 7 nitrogen and oxygen atoms in total. The van der Waals surface area contributed by atoms with Crippen LogP contribution >= 0.6 is 0 Å². The molecule has 3 rings (SSSR count). The van der Waals surface area contributed by atoms with E-state index in [1.807, 2.05) is 0 Å². The molecule has 8 heteroatoms. The standard InChI is InChI=1S/C21H17FN2O5/c1-2-28-20-11-10-14(12-18(20)24(26)27)21(25)23-17-8-3-4-9-19(17)29-16-7-5-6-15(22)13-16/h3-13H,2H2,1H3,(H,23,25). The Hall–Kier alpha value is -3.94. The fourth-order valence-electron chi connectivity index (χ4n) is 2.59. The van der Waals surface area contributed by atoms with Crippen molar-refractivity contribution in [2.45, 2.75) is 6.92 Å². The second-order valence-electron chi connectivity index (χ2n) is 5.88. The van der Waals surface area contributed by atoms with Gasteiger partial charge < -0.3 is 14.8 Å². The zero-order valence-electron chi connectivity index (χ0n) is 15.4. The molecule has 0 spiro atoms. The van der Waals surface area contributed by atoms with Gasteiger partial charge in [0.05, 0.1) is 17.2 Å². The van der Waals surface area contributed by atoms with E-state index in [1.165, 1.54) is 30.3 Å². The van der Waals surface area contributed by atoms with E-state index < -0.39 is 16.6 Å². The molecule has 0 radical (unpaired) electrons.